The molecule has 150 valence electrons. The Morgan fingerprint density at radius 1 is 1.00 bits per heavy atom. The summed E-state index contributed by atoms with van der Waals surface area (Å²) >= 11 is 0. The van der Waals surface area contributed by atoms with E-state index in [0.29, 0.717) is 12.0 Å². The van der Waals surface area contributed by atoms with E-state index in [1.54, 1.807) is 6.07 Å². The quantitative estimate of drug-likeness (QED) is 0.746. The van der Waals surface area contributed by atoms with Crippen LogP contribution in [0.25, 0.3) is 0 Å². The molecule has 0 N–H and O–H groups in total. The molecule has 1 aliphatic carbocycles. The standard InChI is InChI=1S/C23H23NO5/c1-28-23(27)20-12-17-5-2-3-6-19(17)13-24(20)21(25)14-29-22(26)18-10-9-15-7-4-8-16(15)11-18/h2-3,5-6,9-11,20H,4,7-8,12-14H2,1H3/t20-/m0/s1. The number of benzene rings is 2. The van der Waals surface area contributed by atoms with Gasteiger partial charge in [-0.2, -0.15) is 0 Å². The average molecular weight is 393 g/mol. The molecular formula is C23H23NO5. The Bertz CT molecular complexity index is 967. The van der Waals surface area contributed by atoms with Crippen molar-refractivity contribution in [2.24, 2.45) is 0 Å². The molecule has 29 heavy (non-hydrogen) atoms. The van der Waals surface area contributed by atoms with Crippen molar-refractivity contribution in [2.45, 2.75) is 38.3 Å². The monoisotopic (exact) mass is 393 g/mol. The van der Waals surface area contributed by atoms with Gasteiger partial charge in [0.15, 0.2) is 6.61 Å². The Morgan fingerprint density at radius 3 is 2.55 bits per heavy atom. The van der Waals surface area contributed by atoms with Crippen LogP contribution >= 0.6 is 0 Å². The Labute approximate surface area is 169 Å². The molecule has 0 saturated carbocycles. The number of hydrogen-bond donors (Lipinski definition) is 0. The average Bonchev–Trinajstić information content (AvgIpc) is 3.23. The molecule has 4 rings (SSSR count). The second-order valence-electron chi connectivity index (χ2n) is 7.45. The highest BCUT2D eigenvalue weighted by atomic mass is 16.5. The highest BCUT2D eigenvalue weighted by molar-refractivity contribution is 5.92. The van der Waals surface area contributed by atoms with Crippen molar-refractivity contribution in [3.05, 3.63) is 70.3 Å². The number of nitrogens with zero attached hydrogens (tertiary/aromatic N) is 1. The van der Waals surface area contributed by atoms with Crippen molar-refractivity contribution in [1.82, 2.24) is 4.90 Å². The van der Waals surface area contributed by atoms with Crippen LogP contribution < -0.4 is 0 Å². The molecule has 6 heteroatoms. The van der Waals surface area contributed by atoms with Crippen LogP contribution in [0.2, 0.25) is 0 Å². The third kappa shape index (κ3) is 3.88. The molecule has 2 aromatic rings. The van der Waals surface area contributed by atoms with Crippen molar-refractivity contribution >= 4 is 17.8 Å². The minimum Gasteiger partial charge on any atom is -0.467 e. The number of fused-ring (bicyclic) bond motifs is 2. The smallest absolute Gasteiger partial charge is 0.338 e. The molecule has 0 spiro atoms. The lowest BCUT2D eigenvalue weighted by Crippen LogP contribution is -2.50. The lowest BCUT2D eigenvalue weighted by atomic mass is 9.94. The minimum absolute atomic E-state index is 0.283. The van der Waals surface area contributed by atoms with Crippen LogP contribution in [0.1, 0.15) is 39.0 Å². The molecular weight excluding hydrogens is 370 g/mol. The first-order valence-corrected chi connectivity index (χ1v) is 9.80. The Morgan fingerprint density at radius 2 is 1.76 bits per heavy atom. The third-order valence-corrected chi connectivity index (χ3v) is 5.70. The van der Waals surface area contributed by atoms with E-state index in [9.17, 15) is 14.4 Å². The van der Waals surface area contributed by atoms with Crippen LogP contribution in [-0.2, 0) is 44.9 Å². The van der Waals surface area contributed by atoms with E-state index in [0.717, 1.165) is 30.4 Å². The SMILES string of the molecule is COC(=O)[C@@H]1Cc2ccccc2CN1C(=O)COC(=O)c1ccc2c(c1)CCC2. The second kappa shape index (κ2) is 8.07. The number of methoxy groups -OCH3 is 1. The molecule has 1 amide bonds. The summed E-state index contributed by atoms with van der Waals surface area (Å²) in [6.07, 6.45) is 3.48. The van der Waals surface area contributed by atoms with Crippen molar-refractivity contribution in [1.29, 1.82) is 0 Å². The van der Waals surface area contributed by atoms with E-state index in [4.69, 9.17) is 9.47 Å². The normalized spacial score (nSPS) is 17.3. The van der Waals surface area contributed by atoms with Gasteiger partial charge in [0.1, 0.15) is 6.04 Å². The third-order valence-electron chi connectivity index (χ3n) is 5.70. The molecule has 0 fully saturated rings. The highest BCUT2D eigenvalue weighted by Gasteiger charge is 2.35. The number of carbonyl (C=O) groups is 3. The van der Waals surface area contributed by atoms with Crippen LogP contribution in [0.4, 0.5) is 0 Å². The van der Waals surface area contributed by atoms with Gasteiger partial charge in [-0.25, -0.2) is 9.59 Å². The largest absolute Gasteiger partial charge is 0.467 e. The predicted octanol–water partition coefficient (Wildman–Crippen LogP) is 2.46. The minimum atomic E-state index is -0.721. The molecule has 1 atom stereocenters. The zero-order valence-corrected chi connectivity index (χ0v) is 16.3. The van der Waals surface area contributed by atoms with E-state index in [2.05, 4.69) is 0 Å². The first kappa shape index (κ1) is 19.2. The van der Waals surface area contributed by atoms with Crippen LogP contribution in [0.5, 0.6) is 0 Å². The fourth-order valence-corrected chi connectivity index (χ4v) is 4.12. The lowest BCUT2D eigenvalue weighted by molar-refractivity contribution is -0.155. The van der Waals surface area contributed by atoms with Crippen LogP contribution in [0.15, 0.2) is 42.5 Å². The fourth-order valence-electron chi connectivity index (χ4n) is 4.12. The summed E-state index contributed by atoms with van der Waals surface area (Å²) in [6, 6.07) is 12.5. The van der Waals surface area contributed by atoms with E-state index < -0.39 is 30.5 Å². The summed E-state index contributed by atoms with van der Waals surface area (Å²) in [6.45, 7) is -0.128. The van der Waals surface area contributed by atoms with E-state index >= 15 is 0 Å². The summed E-state index contributed by atoms with van der Waals surface area (Å²) in [5.74, 6) is -1.41. The van der Waals surface area contributed by atoms with Gasteiger partial charge in [0.25, 0.3) is 5.91 Å². The van der Waals surface area contributed by atoms with Gasteiger partial charge in [0.05, 0.1) is 12.7 Å². The summed E-state index contributed by atoms with van der Waals surface area (Å²) in [5.41, 5.74) is 4.88. The summed E-state index contributed by atoms with van der Waals surface area (Å²) in [4.78, 5) is 38.9. The van der Waals surface area contributed by atoms with Crippen LogP contribution in [-0.4, -0.2) is 42.5 Å². The zero-order valence-electron chi connectivity index (χ0n) is 16.3. The topological polar surface area (TPSA) is 72.9 Å². The summed E-state index contributed by atoms with van der Waals surface area (Å²) in [7, 11) is 1.30. The zero-order chi connectivity index (χ0) is 20.4. The van der Waals surface area contributed by atoms with Gasteiger partial charge >= 0.3 is 11.9 Å². The highest BCUT2D eigenvalue weighted by Crippen LogP contribution is 2.25. The number of esters is 2. The first-order chi connectivity index (χ1) is 14.1. The maximum absolute atomic E-state index is 12.8. The van der Waals surface area contributed by atoms with Crippen molar-refractivity contribution in [2.75, 3.05) is 13.7 Å². The lowest BCUT2D eigenvalue weighted by Gasteiger charge is -2.35. The first-order valence-electron chi connectivity index (χ1n) is 9.80. The predicted molar refractivity (Wildman–Crippen MR) is 105 cm³/mol. The number of aryl methyl sites for hydroxylation is 2. The number of carbonyl (C=O) groups excluding carboxylic acids is 3. The van der Waals surface area contributed by atoms with Crippen molar-refractivity contribution in [3.63, 3.8) is 0 Å². The van der Waals surface area contributed by atoms with Crippen molar-refractivity contribution < 1.29 is 23.9 Å². The van der Waals surface area contributed by atoms with Gasteiger partial charge in [0.2, 0.25) is 0 Å². The number of ether oxygens (including phenoxy) is 2. The molecule has 0 radical (unpaired) electrons. The van der Waals surface area contributed by atoms with Gasteiger partial charge in [0, 0.05) is 13.0 Å². The molecule has 0 saturated heterocycles. The maximum atomic E-state index is 12.8. The Kier molecular flexibility index (Phi) is 5.34. The van der Waals surface area contributed by atoms with Crippen LogP contribution in [0.3, 0.4) is 0 Å². The Balaban J connectivity index is 1.45. The molecule has 6 nitrogen and oxygen atoms in total. The molecule has 0 unspecified atom stereocenters. The fraction of sp³-hybridized carbons (Fsp3) is 0.348. The second-order valence-corrected chi connectivity index (χ2v) is 7.45. The Hall–Kier alpha value is -3.15. The van der Waals surface area contributed by atoms with Gasteiger partial charge < -0.3 is 14.4 Å². The number of amides is 1. The van der Waals surface area contributed by atoms with E-state index in [1.165, 1.54) is 23.1 Å². The maximum Gasteiger partial charge on any atom is 0.338 e. The van der Waals surface area contributed by atoms with Crippen molar-refractivity contribution in [3.8, 4) is 0 Å². The van der Waals surface area contributed by atoms with Crippen LogP contribution in [0, 0.1) is 0 Å². The van der Waals surface area contributed by atoms with Gasteiger partial charge in [-0.05, 0) is 53.6 Å². The van der Waals surface area contributed by atoms with Gasteiger partial charge in [-0.1, -0.05) is 30.3 Å². The number of rotatable bonds is 4. The molecule has 0 bridgehead atoms. The summed E-state index contributed by atoms with van der Waals surface area (Å²) in [5, 5.41) is 0. The molecule has 0 aromatic heterocycles. The molecule has 1 aliphatic heterocycles. The number of hydrogen-bond acceptors (Lipinski definition) is 5. The van der Waals surface area contributed by atoms with E-state index in [1.807, 2.05) is 36.4 Å². The molecule has 2 aromatic carbocycles. The molecule has 1 heterocycles. The summed E-state index contributed by atoms with van der Waals surface area (Å²) < 4.78 is 10.2. The van der Waals surface area contributed by atoms with Gasteiger partial charge in [-0.15, -0.1) is 0 Å². The molecule has 2 aliphatic rings. The van der Waals surface area contributed by atoms with E-state index in [-0.39, 0.29) is 6.54 Å². The van der Waals surface area contributed by atoms with Gasteiger partial charge in [-0.3, -0.25) is 4.79 Å².